The van der Waals surface area contributed by atoms with Gasteiger partial charge in [0.2, 0.25) is 0 Å². The molecule has 9 heteroatoms. The van der Waals surface area contributed by atoms with Crippen LogP contribution in [0.25, 0.3) is 27.8 Å². The minimum absolute atomic E-state index is 0.296. The van der Waals surface area contributed by atoms with E-state index >= 15 is 0 Å². The van der Waals surface area contributed by atoms with Crippen molar-refractivity contribution < 1.29 is 0 Å². The van der Waals surface area contributed by atoms with E-state index in [1.54, 1.807) is 23.5 Å². The van der Waals surface area contributed by atoms with Gasteiger partial charge in [0, 0.05) is 43.8 Å². The Morgan fingerprint density at radius 2 is 0.961 bits per heavy atom. The number of hydrogen-bond donors (Lipinski definition) is 0. The lowest BCUT2D eigenvalue weighted by Gasteiger charge is -2.27. The Bertz CT molecular complexity index is 2330. The van der Waals surface area contributed by atoms with E-state index in [2.05, 4.69) is 148 Å². The van der Waals surface area contributed by atoms with E-state index in [9.17, 15) is 0 Å². The van der Waals surface area contributed by atoms with Crippen LogP contribution in [0.1, 0.15) is 49.9 Å². The van der Waals surface area contributed by atoms with E-state index in [1.165, 1.54) is 28.6 Å². The Morgan fingerprint density at radius 1 is 0.490 bits per heavy atom. The molecule has 4 heterocycles. The normalized spacial score (nSPS) is 12.1. The molecule has 51 heavy (non-hydrogen) atoms. The molecule has 8 aromatic rings. The highest BCUT2D eigenvalue weighted by Gasteiger charge is 2.28. The number of nitrogens with zero attached hydrogens (tertiary/aromatic N) is 7. The molecule has 0 saturated carbocycles. The minimum atomic E-state index is -0.296. The van der Waals surface area contributed by atoms with Gasteiger partial charge < -0.3 is 0 Å². The highest BCUT2D eigenvalue weighted by atomic mass is 32.2. The van der Waals surface area contributed by atoms with Crippen LogP contribution in [-0.4, -0.2) is 34.9 Å². The van der Waals surface area contributed by atoms with Crippen molar-refractivity contribution in [3.05, 3.63) is 162 Å². The number of fused-ring (bicyclic) bond motifs is 3. The van der Waals surface area contributed by atoms with Crippen molar-refractivity contribution in [3.8, 4) is 5.95 Å². The molecule has 0 atom stereocenters. The number of rotatable bonds is 9. The smallest absolute Gasteiger partial charge is 0.273 e. The fourth-order valence-electron chi connectivity index (χ4n) is 6.59. The molecule has 8 rings (SSSR count). The van der Waals surface area contributed by atoms with Crippen LogP contribution >= 0.6 is 23.5 Å². The number of aromatic nitrogens is 7. The fourth-order valence-corrected chi connectivity index (χ4v) is 8.25. The molecule has 0 unspecified atom stereocenters. The van der Waals surface area contributed by atoms with Gasteiger partial charge in [0.1, 0.15) is 10.1 Å². The first-order valence-corrected chi connectivity index (χ1v) is 18.4. The lowest BCUT2D eigenvalue weighted by atomic mass is 9.77. The molecule has 0 radical (unpaired) electrons. The summed E-state index contributed by atoms with van der Waals surface area (Å²) in [6, 6.07) is 43.0. The van der Waals surface area contributed by atoms with Gasteiger partial charge in [-0.2, -0.15) is 0 Å². The predicted octanol–water partition coefficient (Wildman–Crippen LogP) is 10.1. The van der Waals surface area contributed by atoms with Crippen molar-refractivity contribution in [2.45, 2.75) is 58.4 Å². The molecular weight excluding hydrogens is 667 g/mol. The van der Waals surface area contributed by atoms with E-state index in [-0.39, 0.29) is 10.8 Å². The molecular formula is C42H35N7S2. The Balaban J connectivity index is 1.22. The predicted molar refractivity (Wildman–Crippen MR) is 206 cm³/mol. The van der Waals surface area contributed by atoms with Crippen LogP contribution in [0.3, 0.4) is 0 Å². The summed E-state index contributed by atoms with van der Waals surface area (Å²) in [6.45, 7) is 9.09. The zero-order chi connectivity index (χ0) is 35.0. The third-order valence-electron chi connectivity index (χ3n) is 9.64. The summed E-state index contributed by atoms with van der Waals surface area (Å²) in [5.74, 6) is 0.435. The monoisotopic (exact) mass is 701 g/mol. The average molecular weight is 702 g/mol. The lowest BCUT2D eigenvalue weighted by Crippen LogP contribution is -2.19. The SMILES string of the molecule is CC(C)(c1cccc(Sc2ccccn2)c1)c1ccc2c3ccc(C(C)(C)c4cccc(Sc5ccccn5)c4)cc3n(-c3nncnn3)c2c1. The topological polar surface area (TPSA) is 82.3 Å². The zero-order valence-electron chi connectivity index (χ0n) is 28.7. The van der Waals surface area contributed by atoms with Gasteiger partial charge in [-0.05, 0) is 82.9 Å². The van der Waals surface area contributed by atoms with E-state index in [1.807, 2.05) is 48.8 Å². The zero-order valence-corrected chi connectivity index (χ0v) is 30.4. The molecule has 7 nitrogen and oxygen atoms in total. The van der Waals surface area contributed by atoms with Crippen molar-refractivity contribution in [2.24, 2.45) is 0 Å². The molecule has 250 valence electrons. The van der Waals surface area contributed by atoms with Gasteiger partial charge in [-0.1, -0.05) is 112 Å². The molecule has 0 N–H and O–H groups in total. The van der Waals surface area contributed by atoms with E-state index in [4.69, 9.17) is 0 Å². The van der Waals surface area contributed by atoms with E-state index in [0.29, 0.717) is 5.95 Å². The highest BCUT2D eigenvalue weighted by molar-refractivity contribution is 7.99. The number of pyridine rings is 2. The summed E-state index contributed by atoms with van der Waals surface area (Å²) >= 11 is 3.34. The summed E-state index contributed by atoms with van der Waals surface area (Å²) in [5.41, 5.74) is 6.22. The maximum absolute atomic E-state index is 4.51. The van der Waals surface area contributed by atoms with Crippen LogP contribution in [0.4, 0.5) is 0 Å². The lowest BCUT2D eigenvalue weighted by molar-refractivity contribution is 0.639. The van der Waals surface area contributed by atoms with Crippen molar-refractivity contribution in [1.82, 2.24) is 34.9 Å². The van der Waals surface area contributed by atoms with Gasteiger partial charge in [-0.15, -0.1) is 20.4 Å². The molecule has 0 aliphatic carbocycles. The van der Waals surface area contributed by atoms with Crippen LogP contribution in [-0.2, 0) is 10.8 Å². The summed E-state index contributed by atoms with van der Waals surface area (Å²) in [6.07, 6.45) is 5.03. The molecule has 0 aliphatic heterocycles. The second kappa shape index (κ2) is 13.4. The van der Waals surface area contributed by atoms with Gasteiger partial charge in [-0.3, -0.25) is 4.57 Å². The standard InChI is InChI=1S/C42H35N7S2/c1-41(2,28-11-9-13-32(23-28)50-38-15-5-7-21-43-38)30-17-19-34-35-20-18-31(26-37(35)49(36(34)25-30)40-47-45-27-46-48-40)42(3,4)29-12-10-14-33(24-29)51-39-16-6-8-22-44-39/h5-27H,1-4H3. The number of benzene rings is 4. The van der Waals surface area contributed by atoms with Crippen molar-refractivity contribution >= 4 is 45.3 Å². The Morgan fingerprint density at radius 3 is 1.41 bits per heavy atom. The van der Waals surface area contributed by atoms with Gasteiger partial charge in [0.15, 0.2) is 6.33 Å². The second-order valence-electron chi connectivity index (χ2n) is 13.5. The van der Waals surface area contributed by atoms with Crippen molar-refractivity contribution in [3.63, 3.8) is 0 Å². The second-order valence-corrected chi connectivity index (χ2v) is 15.7. The molecule has 0 bridgehead atoms. The van der Waals surface area contributed by atoms with Crippen molar-refractivity contribution in [1.29, 1.82) is 0 Å². The largest absolute Gasteiger partial charge is 0.275 e. The van der Waals surface area contributed by atoms with Gasteiger partial charge in [0.05, 0.1) is 11.0 Å². The van der Waals surface area contributed by atoms with Gasteiger partial charge in [0.25, 0.3) is 5.95 Å². The third-order valence-corrected chi connectivity index (χ3v) is 11.5. The maximum Gasteiger partial charge on any atom is 0.273 e. The average Bonchev–Trinajstić information content (AvgIpc) is 3.49. The van der Waals surface area contributed by atoms with Crippen LogP contribution in [0, 0.1) is 0 Å². The molecule has 0 aliphatic rings. The maximum atomic E-state index is 4.51. The summed E-state index contributed by atoms with van der Waals surface area (Å²) < 4.78 is 2.10. The Labute approximate surface area is 305 Å². The first kappa shape index (κ1) is 32.8. The minimum Gasteiger partial charge on any atom is -0.275 e. The first-order chi connectivity index (χ1) is 24.8. The van der Waals surface area contributed by atoms with Gasteiger partial charge >= 0.3 is 0 Å². The summed E-state index contributed by atoms with van der Waals surface area (Å²) in [4.78, 5) is 11.3. The van der Waals surface area contributed by atoms with E-state index in [0.717, 1.165) is 41.6 Å². The third kappa shape index (κ3) is 6.39. The van der Waals surface area contributed by atoms with Gasteiger partial charge in [-0.25, -0.2) is 9.97 Å². The Hall–Kier alpha value is -5.38. The first-order valence-electron chi connectivity index (χ1n) is 16.8. The molecule has 0 saturated heterocycles. The quantitative estimate of drug-likeness (QED) is 0.147. The fraction of sp³-hybridized carbons (Fsp3) is 0.143. The van der Waals surface area contributed by atoms with Crippen LogP contribution in [0.2, 0.25) is 0 Å². The van der Waals surface area contributed by atoms with Crippen LogP contribution in [0.5, 0.6) is 0 Å². The molecule has 0 amide bonds. The van der Waals surface area contributed by atoms with E-state index < -0.39 is 0 Å². The number of hydrogen-bond acceptors (Lipinski definition) is 8. The van der Waals surface area contributed by atoms with Crippen LogP contribution in [0.15, 0.2) is 160 Å². The highest BCUT2D eigenvalue weighted by Crippen LogP contribution is 2.41. The molecule has 0 fully saturated rings. The van der Waals surface area contributed by atoms with Crippen molar-refractivity contribution in [2.75, 3.05) is 0 Å². The molecule has 4 aromatic heterocycles. The Kier molecular flexibility index (Phi) is 8.61. The molecule has 0 spiro atoms. The molecule has 4 aromatic carbocycles. The van der Waals surface area contributed by atoms with Crippen LogP contribution < -0.4 is 0 Å². The summed E-state index contributed by atoms with van der Waals surface area (Å²) in [7, 11) is 0. The summed E-state index contributed by atoms with van der Waals surface area (Å²) in [5, 5.41) is 21.3.